The second-order valence-corrected chi connectivity index (χ2v) is 3.67. The van der Waals surface area contributed by atoms with Crippen molar-refractivity contribution in [2.24, 2.45) is 0 Å². The van der Waals surface area contributed by atoms with Gasteiger partial charge < -0.3 is 19.7 Å². The summed E-state index contributed by atoms with van der Waals surface area (Å²) in [5.41, 5.74) is 0. The normalized spacial score (nSPS) is 32.4. The Balaban J connectivity index is 2.09. The van der Waals surface area contributed by atoms with Crippen molar-refractivity contribution >= 4 is 0 Å². The zero-order valence-corrected chi connectivity index (χ0v) is 8.69. The molecular formula is C10H20O4. The Kier molecular flexibility index (Phi) is 5.40. The Labute approximate surface area is 84.8 Å². The number of unbranched alkanes of at least 4 members (excludes halogenated alkanes) is 2. The van der Waals surface area contributed by atoms with Crippen LogP contribution in [0.2, 0.25) is 0 Å². The van der Waals surface area contributed by atoms with Crippen LogP contribution in [0.5, 0.6) is 0 Å². The average molecular weight is 204 g/mol. The van der Waals surface area contributed by atoms with Crippen LogP contribution in [0.15, 0.2) is 0 Å². The molecule has 0 aliphatic carbocycles. The van der Waals surface area contributed by atoms with Crippen molar-refractivity contribution in [3.8, 4) is 0 Å². The maximum absolute atomic E-state index is 9.40. The van der Waals surface area contributed by atoms with E-state index in [-0.39, 0.29) is 12.9 Å². The smallest absolute Gasteiger partial charge is 0.160 e. The lowest BCUT2D eigenvalue weighted by atomic mass is 10.2. The molecule has 0 amide bonds. The molecule has 0 aromatic carbocycles. The van der Waals surface area contributed by atoms with Gasteiger partial charge in [-0.05, 0) is 6.42 Å². The van der Waals surface area contributed by atoms with Crippen LogP contribution in [0, 0.1) is 0 Å². The van der Waals surface area contributed by atoms with Crippen LogP contribution in [0.1, 0.15) is 32.6 Å². The second kappa shape index (κ2) is 6.35. The average Bonchev–Trinajstić information content (AvgIpc) is 2.54. The monoisotopic (exact) mass is 204 g/mol. The van der Waals surface area contributed by atoms with Gasteiger partial charge in [-0.3, -0.25) is 0 Å². The molecule has 1 aliphatic heterocycles. The van der Waals surface area contributed by atoms with Crippen molar-refractivity contribution in [1.29, 1.82) is 0 Å². The molecule has 0 saturated carbocycles. The van der Waals surface area contributed by atoms with Gasteiger partial charge >= 0.3 is 0 Å². The van der Waals surface area contributed by atoms with Gasteiger partial charge in [-0.25, -0.2) is 0 Å². The fourth-order valence-corrected chi connectivity index (χ4v) is 1.53. The van der Waals surface area contributed by atoms with Crippen molar-refractivity contribution in [1.82, 2.24) is 0 Å². The highest BCUT2D eigenvalue weighted by molar-refractivity contribution is 4.77. The van der Waals surface area contributed by atoms with E-state index < -0.39 is 12.2 Å². The predicted octanol–water partition coefficient (Wildman–Crippen LogP) is 0.661. The van der Waals surface area contributed by atoms with Crippen molar-refractivity contribution in [2.45, 2.75) is 51.1 Å². The second-order valence-electron chi connectivity index (χ2n) is 3.67. The minimum Gasteiger partial charge on any atom is -0.394 e. The summed E-state index contributed by atoms with van der Waals surface area (Å²) >= 11 is 0. The van der Waals surface area contributed by atoms with E-state index in [0.29, 0.717) is 13.0 Å². The van der Waals surface area contributed by atoms with Gasteiger partial charge in [0.1, 0.15) is 6.10 Å². The third kappa shape index (κ3) is 3.53. The van der Waals surface area contributed by atoms with Gasteiger partial charge in [0.05, 0.1) is 12.7 Å². The summed E-state index contributed by atoms with van der Waals surface area (Å²) in [6, 6.07) is 0. The molecule has 3 atom stereocenters. The van der Waals surface area contributed by atoms with Gasteiger partial charge in [-0.1, -0.05) is 19.8 Å². The summed E-state index contributed by atoms with van der Waals surface area (Å²) in [4.78, 5) is 0. The molecule has 2 N–H and O–H groups in total. The molecule has 1 heterocycles. The van der Waals surface area contributed by atoms with Gasteiger partial charge in [-0.2, -0.15) is 0 Å². The third-order valence-corrected chi connectivity index (χ3v) is 2.42. The van der Waals surface area contributed by atoms with Crippen LogP contribution in [0.4, 0.5) is 0 Å². The fraction of sp³-hybridized carbons (Fsp3) is 1.00. The highest BCUT2D eigenvalue weighted by atomic mass is 16.7. The summed E-state index contributed by atoms with van der Waals surface area (Å²) in [7, 11) is 0. The Hall–Kier alpha value is -0.160. The van der Waals surface area contributed by atoms with Gasteiger partial charge in [-0.15, -0.1) is 0 Å². The minimum atomic E-state index is -0.587. The Morgan fingerprint density at radius 1 is 1.43 bits per heavy atom. The first kappa shape index (κ1) is 11.9. The molecule has 0 aromatic rings. The summed E-state index contributed by atoms with van der Waals surface area (Å²) in [5.74, 6) is 0. The first-order chi connectivity index (χ1) is 6.77. The first-order valence-electron chi connectivity index (χ1n) is 5.34. The summed E-state index contributed by atoms with van der Waals surface area (Å²) in [6.07, 6.45) is 2.42. The lowest BCUT2D eigenvalue weighted by molar-refractivity contribution is -0.143. The SMILES string of the molecule is CCCCCO[C@@H]1C[C@H](O)[C@@H](CO)O1. The fourth-order valence-electron chi connectivity index (χ4n) is 1.53. The van der Waals surface area contributed by atoms with Crippen LogP contribution in [0.3, 0.4) is 0 Å². The highest BCUT2D eigenvalue weighted by Gasteiger charge is 2.33. The lowest BCUT2D eigenvalue weighted by Gasteiger charge is -2.12. The predicted molar refractivity (Wildman–Crippen MR) is 51.8 cm³/mol. The number of rotatable bonds is 6. The minimum absolute atomic E-state index is 0.143. The van der Waals surface area contributed by atoms with Crippen LogP contribution < -0.4 is 0 Å². The topological polar surface area (TPSA) is 58.9 Å². The van der Waals surface area contributed by atoms with Gasteiger partial charge in [0, 0.05) is 13.0 Å². The maximum Gasteiger partial charge on any atom is 0.160 e. The molecule has 1 aliphatic rings. The Bertz CT molecular complexity index is 151. The summed E-state index contributed by atoms with van der Waals surface area (Å²) in [5, 5.41) is 18.2. The Morgan fingerprint density at radius 3 is 2.79 bits per heavy atom. The number of hydrogen-bond donors (Lipinski definition) is 2. The molecule has 0 aromatic heterocycles. The van der Waals surface area contributed by atoms with Crippen LogP contribution in [-0.2, 0) is 9.47 Å². The van der Waals surface area contributed by atoms with E-state index in [1.165, 1.54) is 0 Å². The molecule has 4 heteroatoms. The van der Waals surface area contributed by atoms with Gasteiger partial charge in [0.25, 0.3) is 0 Å². The van der Waals surface area contributed by atoms with E-state index in [4.69, 9.17) is 14.6 Å². The molecule has 0 bridgehead atoms. The molecule has 0 unspecified atom stereocenters. The number of aliphatic hydroxyl groups is 2. The number of hydrogen-bond acceptors (Lipinski definition) is 4. The Morgan fingerprint density at radius 2 is 2.21 bits per heavy atom. The largest absolute Gasteiger partial charge is 0.394 e. The number of aliphatic hydroxyl groups excluding tert-OH is 2. The van der Waals surface area contributed by atoms with Gasteiger partial charge in [0.2, 0.25) is 0 Å². The zero-order valence-electron chi connectivity index (χ0n) is 8.69. The van der Waals surface area contributed by atoms with Crippen molar-refractivity contribution in [3.63, 3.8) is 0 Å². The number of ether oxygens (including phenoxy) is 2. The van der Waals surface area contributed by atoms with Crippen LogP contribution >= 0.6 is 0 Å². The van der Waals surface area contributed by atoms with E-state index in [2.05, 4.69) is 6.92 Å². The summed E-state index contributed by atoms with van der Waals surface area (Å²) in [6.45, 7) is 2.66. The molecular weight excluding hydrogens is 184 g/mol. The van der Waals surface area contributed by atoms with E-state index in [1.807, 2.05) is 0 Å². The van der Waals surface area contributed by atoms with E-state index in [1.54, 1.807) is 0 Å². The summed E-state index contributed by atoms with van der Waals surface area (Å²) < 4.78 is 10.7. The maximum atomic E-state index is 9.40. The first-order valence-corrected chi connectivity index (χ1v) is 5.34. The molecule has 1 fully saturated rings. The van der Waals surface area contributed by atoms with Crippen LogP contribution in [0.25, 0.3) is 0 Å². The standard InChI is InChI=1S/C10H20O4/c1-2-3-4-5-13-10-6-8(12)9(7-11)14-10/h8-12H,2-7H2,1H3/t8-,9+,10-/m0/s1. The molecule has 14 heavy (non-hydrogen) atoms. The van der Waals surface area contributed by atoms with E-state index in [9.17, 15) is 5.11 Å². The molecule has 0 radical (unpaired) electrons. The quantitative estimate of drug-likeness (QED) is 0.624. The van der Waals surface area contributed by atoms with Crippen LogP contribution in [-0.4, -0.2) is 41.9 Å². The lowest BCUT2D eigenvalue weighted by Crippen LogP contribution is -2.24. The molecule has 84 valence electrons. The van der Waals surface area contributed by atoms with Crippen molar-refractivity contribution in [2.75, 3.05) is 13.2 Å². The van der Waals surface area contributed by atoms with Crippen molar-refractivity contribution < 1.29 is 19.7 Å². The molecule has 1 rings (SSSR count). The highest BCUT2D eigenvalue weighted by Crippen LogP contribution is 2.21. The van der Waals surface area contributed by atoms with E-state index >= 15 is 0 Å². The third-order valence-electron chi connectivity index (χ3n) is 2.42. The molecule has 1 saturated heterocycles. The van der Waals surface area contributed by atoms with Gasteiger partial charge in [0.15, 0.2) is 6.29 Å². The van der Waals surface area contributed by atoms with Crippen molar-refractivity contribution in [3.05, 3.63) is 0 Å². The zero-order chi connectivity index (χ0) is 10.4. The van der Waals surface area contributed by atoms with E-state index in [0.717, 1.165) is 19.3 Å². The molecule has 0 spiro atoms. The molecule has 4 nitrogen and oxygen atoms in total.